The van der Waals surface area contributed by atoms with Crippen LogP contribution in [0.4, 0.5) is 0 Å². The lowest BCUT2D eigenvalue weighted by Crippen LogP contribution is -2.18. The molecule has 1 aliphatic heterocycles. The van der Waals surface area contributed by atoms with E-state index in [9.17, 15) is 9.59 Å². The van der Waals surface area contributed by atoms with Gasteiger partial charge in [-0.2, -0.15) is 0 Å². The second-order valence-corrected chi connectivity index (χ2v) is 4.39. The summed E-state index contributed by atoms with van der Waals surface area (Å²) in [7, 11) is 0. The topological polar surface area (TPSA) is 52.6 Å². The average Bonchev–Trinajstić information content (AvgIpc) is 2.46. The Bertz CT molecular complexity index is 320. The van der Waals surface area contributed by atoms with Gasteiger partial charge < -0.3 is 9.47 Å². The summed E-state index contributed by atoms with van der Waals surface area (Å²) in [5, 5.41) is 0. The van der Waals surface area contributed by atoms with Crippen LogP contribution in [0.2, 0.25) is 0 Å². The third kappa shape index (κ3) is 2.37. The maximum atomic E-state index is 11.5. The van der Waals surface area contributed by atoms with E-state index in [1.165, 1.54) is 0 Å². The number of carbonyl (C=O) groups excluding carboxylic acids is 2. The van der Waals surface area contributed by atoms with E-state index in [2.05, 4.69) is 0 Å². The first-order valence-electron chi connectivity index (χ1n) is 4.95. The predicted molar refractivity (Wildman–Crippen MR) is 54.1 cm³/mol. The zero-order chi connectivity index (χ0) is 11.6. The zero-order valence-electron chi connectivity index (χ0n) is 9.55. The largest absolute Gasteiger partial charge is 0.488 e. The van der Waals surface area contributed by atoms with Crippen LogP contribution in [0.1, 0.15) is 27.7 Å². The molecule has 0 spiro atoms. The van der Waals surface area contributed by atoms with Crippen molar-refractivity contribution in [2.45, 2.75) is 27.7 Å². The van der Waals surface area contributed by atoms with Crippen molar-refractivity contribution in [3.05, 3.63) is 11.3 Å². The Kier molecular flexibility index (Phi) is 3.17. The summed E-state index contributed by atoms with van der Waals surface area (Å²) in [4.78, 5) is 23.0. The van der Waals surface area contributed by atoms with E-state index in [0.717, 1.165) is 0 Å². The fourth-order valence-electron chi connectivity index (χ4n) is 1.41. The van der Waals surface area contributed by atoms with Gasteiger partial charge in [0, 0.05) is 5.41 Å². The van der Waals surface area contributed by atoms with Crippen molar-refractivity contribution in [1.29, 1.82) is 0 Å². The minimum absolute atomic E-state index is 0.0548. The van der Waals surface area contributed by atoms with Gasteiger partial charge in [-0.3, -0.25) is 4.79 Å². The van der Waals surface area contributed by atoms with Crippen molar-refractivity contribution < 1.29 is 19.1 Å². The molecular formula is C11H16O4. The van der Waals surface area contributed by atoms with E-state index >= 15 is 0 Å². The average molecular weight is 212 g/mol. The molecule has 84 valence electrons. The molecule has 4 heteroatoms. The second kappa shape index (κ2) is 4.04. The van der Waals surface area contributed by atoms with Crippen LogP contribution in [0.3, 0.4) is 0 Å². The third-order valence-corrected chi connectivity index (χ3v) is 2.01. The molecule has 0 atom stereocenters. The van der Waals surface area contributed by atoms with E-state index in [1.54, 1.807) is 6.92 Å². The lowest BCUT2D eigenvalue weighted by molar-refractivity contribution is -0.139. The Morgan fingerprint density at radius 3 is 2.53 bits per heavy atom. The molecule has 15 heavy (non-hydrogen) atoms. The van der Waals surface area contributed by atoms with Gasteiger partial charge in [-0.05, 0) is 6.92 Å². The number of ether oxygens (including phenoxy) is 2. The quantitative estimate of drug-likeness (QED) is 0.513. The van der Waals surface area contributed by atoms with E-state index in [-0.39, 0.29) is 30.0 Å². The molecule has 0 N–H and O–H groups in total. The van der Waals surface area contributed by atoms with Crippen LogP contribution in [0, 0.1) is 5.41 Å². The van der Waals surface area contributed by atoms with Crippen LogP contribution in [-0.4, -0.2) is 25.0 Å². The highest BCUT2D eigenvalue weighted by atomic mass is 16.5. The highest BCUT2D eigenvalue weighted by molar-refractivity contribution is 6.19. The van der Waals surface area contributed by atoms with Crippen molar-refractivity contribution in [3.8, 4) is 0 Å². The number of esters is 1. The summed E-state index contributed by atoms with van der Waals surface area (Å²) in [5.74, 6) is -0.436. The van der Waals surface area contributed by atoms with Gasteiger partial charge in [-0.25, -0.2) is 4.79 Å². The molecule has 0 aromatic rings. The standard InChI is InChI=1S/C11H16O4/c1-5-14-10(13)8-7(12)6-15-9(8)11(2,3)4/h5-6H2,1-4H3. The Hall–Kier alpha value is -1.32. The number of rotatable bonds is 2. The molecular weight excluding hydrogens is 196 g/mol. The van der Waals surface area contributed by atoms with E-state index in [1.807, 2.05) is 20.8 Å². The van der Waals surface area contributed by atoms with E-state index in [4.69, 9.17) is 9.47 Å². The highest BCUT2D eigenvalue weighted by Gasteiger charge is 2.37. The number of carbonyl (C=O) groups is 2. The molecule has 4 nitrogen and oxygen atoms in total. The normalized spacial score (nSPS) is 16.7. The second-order valence-electron chi connectivity index (χ2n) is 4.39. The molecule has 0 amide bonds. The predicted octanol–water partition coefficient (Wildman–Crippen LogP) is 1.45. The van der Waals surface area contributed by atoms with Crippen LogP contribution >= 0.6 is 0 Å². The van der Waals surface area contributed by atoms with Gasteiger partial charge in [-0.1, -0.05) is 20.8 Å². The van der Waals surface area contributed by atoms with Gasteiger partial charge in [-0.15, -0.1) is 0 Å². The summed E-state index contributed by atoms with van der Waals surface area (Å²) in [5.41, 5.74) is -0.279. The minimum Gasteiger partial charge on any atom is -0.488 e. The third-order valence-electron chi connectivity index (χ3n) is 2.01. The fraction of sp³-hybridized carbons (Fsp3) is 0.636. The molecule has 0 bridgehead atoms. The van der Waals surface area contributed by atoms with Crippen molar-refractivity contribution >= 4 is 11.8 Å². The summed E-state index contributed by atoms with van der Waals surface area (Å²) in [6.07, 6.45) is 0. The van der Waals surface area contributed by atoms with E-state index in [0.29, 0.717) is 5.76 Å². The van der Waals surface area contributed by atoms with Gasteiger partial charge >= 0.3 is 5.97 Å². The van der Waals surface area contributed by atoms with Gasteiger partial charge in [0.1, 0.15) is 11.3 Å². The monoisotopic (exact) mass is 212 g/mol. The smallest absolute Gasteiger partial charge is 0.345 e. The molecule has 1 aliphatic rings. The molecule has 1 heterocycles. The highest BCUT2D eigenvalue weighted by Crippen LogP contribution is 2.33. The number of ketones is 1. The molecule has 1 rings (SSSR count). The summed E-state index contributed by atoms with van der Waals surface area (Å²) >= 11 is 0. The van der Waals surface area contributed by atoms with Gasteiger partial charge in [0.2, 0.25) is 5.78 Å². The van der Waals surface area contributed by atoms with Gasteiger partial charge in [0.15, 0.2) is 6.61 Å². The van der Waals surface area contributed by atoms with Crippen molar-refractivity contribution in [3.63, 3.8) is 0 Å². The molecule has 0 unspecified atom stereocenters. The maximum Gasteiger partial charge on any atom is 0.345 e. The first-order chi connectivity index (χ1) is 6.88. The minimum atomic E-state index is -0.579. The SMILES string of the molecule is CCOC(=O)C1=C(C(C)(C)C)OCC1=O. The number of hydrogen-bond acceptors (Lipinski definition) is 4. The first-order valence-corrected chi connectivity index (χ1v) is 4.95. The van der Waals surface area contributed by atoms with Crippen molar-refractivity contribution in [1.82, 2.24) is 0 Å². The number of Topliss-reactive ketones (excluding diaryl/α,β-unsaturated/α-hetero) is 1. The van der Waals surface area contributed by atoms with Crippen molar-refractivity contribution in [2.75, 3.05) is 13.2 Å². The molecule has 0 aromatic carbocycles. The Balaban J connectivity index is 3.07. The number of hydrogen-bond donors (Lipinski definition) is 0. The van der Waals surface area contributed by atoms with Gasteiger partial charge in [0.25, 0.3) is 0 Å². The lowest BCUT2D eigenvalue weighted by Gasteiger charge is -2.20. The van der Waals surface area contributed by atoms with Crippen LogP contribution in [0.25, 0.3) is 0 Å². The van der Waals surface area contributed by atoms with Crippen molar-refractivity contribution in [2.24, 2.45) is 5.41 Å². The zero-order valence-corrected chi connectivity index (χ0v) is 9.55. The Labute approximate surface area is 89.2 Å². The van der Waals surface area contributed by atoms with Crippen LogP contribution in [-0.2, 0) is 19.1 Å². The molecule has 0 saturated carbocycles. The van der Waals surface area contributed by atoms with Crippen LogP contribution in [0.5, 0.6) is 0 Å². The fourth-order valence-corrected chi connectivity index (χ4v) is 1.41. The molecule has 0 saturated heterocycles. The van der Waals surface area contributed by atoms with E-state index < -0.39 is 5.97 Å². The van der Waals surface area contributed by atoms with Crippen LogP contribution in [0.15, 0.2) is 11.3 Å². The summed E-state index contributed by atoms with van der Waals surface area (Å²) in [6.45, 7) is 7.57. The number of allylic oxidation sites excluding steroid dienone is 1. The molecule has 0 radical (unpaired) electrons. The molecule has 0 aromatic heterocycles. The molecule has 0 fully saturated rings. The van der Waals surface area contributed by atoms with Crippen LogP contribution < -0.4 is 0 Å². The Morgan fingerprint density at radius 1 is 1.47 bits per heavy atom. The Morgan fingerprint density at radius 2 is 2.07 bits per heavy atom. The summed E-state index contributed by atoms with van der Waals surface area (Å²) in [6, 6.07) is 0. The summed E-state index contributed by atoms with van der Waals surface area (Å²) < 4.78 is 10.1. The van der Waals surface area contributed by atoms with Gasteiger partial charge in [0.05, 0.1) is 6.61 Å². The maximum absolute atomic E-state index is 11.5. The molecule has 0 aliphatic carbocycles. The lowest BCUT2D eigenvalue weighted by atomic mass is 9.90. The first kappa shape index (κ1) is 11.8.